The van der Waals surface area contributed by atoms with E-state index in [-0.39, 0.29) is 0 Å². The van der Waals surface area contributed by atoms with Gasteiger partial charge >= 0.3 is 0 Å². The quantitative estimate of drug-likeness (QED) is 0.435. The second kappa shape index (κ2) is 22.3. The summed E-state index contributed by atoms with van der Waals surface area (Å²) in [5.74, 6) is 0. The van der Waals surface area contributed by atoms with Gasteiger partial charge in [0, 0.05) is 0 Å². The van der Waals surface area contributed by atoms with Gasteiger partial charge in [0.25, 0.3) is 0 Å². The molecule has 0 heterocycles. The highest BCUT2D eigenvalue weighted by Gasteiger charge is 1.25. The zero-order valence-electron chi connectivity index (χ0n) is 4.78. The third kappa shape index (κ3) is 300. The maximum atomic E-state index is 3.36. The van der Waals surface area contributed by atoms with Gasteiger partial charge in [0.05, 0.1) is 0 Å². The minimum absolute atomic E-state index is 1.75. The van der Waals surface area contributed by atoms with Crippen LogP contribution in [0.1, 0.15) is 6.92 Å². The number of hydrogen-bond acceptors (Lipinski definition) is 1. The zero-order chi connectivity index (χ0) is 5.41. The lowest BCUT2D eigenvalue weighted by atomic mass is 10.8. The van der Waals surface area contributed by atoms with Crippen LogP contribution in [0.25, 0.3) is 0 Å². The predicted octanol–water partition coefficient (Wildman–Crippen LogP) is 1.03. The van der Waals surface area contributed by atoms with Gasteiger partial charge in [-0.3, -0.25) is 0 Å². The van der Waals surface area contributed by atoms with Gasteiger partial charge in [0.2, 0.25) is 0 Å². The van der Waals surface area contributed by atoms with Crippen molar-refractivity contribution in [3.8, 4) is 0 Å². The van der Waals surface area contributed by atoms with E-state index < -0.39 is 0 Å². The lowest BCUT2D eigenvalue weighted by Gasteiger charge is -1.59. The Morgan fingerprint density at radius 3 is 1.50 bits per heavy atom. The molecule has 0 radical (unpaired) electrons. The molecule has 0 spiro atoms. The minimum atomic E-state index is 1.75. The molecule has 38 valence electrons. The van der Waals surface area contributed by atoms with Gasteiger partial charge in [-0.1, -0.05) is 6.08 Å². The summed E-state index contributed by atoms with van der Waals surface area (Å²) in [6, 6.07) is 0. The molecule has 0 aromatic rings. The minimum Gasteiger partial charge on any atom is -0.323 e. The molecule has 0 saturated heterocycles. The van der Waals surface area contributed by atoms with Crippen molar-refractivity contribution in [3.63, 3.8) is 0 Å². The van der Waals surface area contributed by atoms with Crippen molar-refractivity contribution in [1.29, 1.82) is 0 Å². The van der Waals surface area contributed by atoms with E-state index >= 15 is 0 Å². The van der Waals surface area contributed by atoms with Gasteiger partial charge in [-0.05, 0) is 21.0 Å². The molecule has 0 amide bonds. The van der Waals surface area contributed by atoms with Crippen molar-refractivity contribution in [3.05, 3.63) is 12.7 Å². The van der Waals surface area contributed by atoms with Crippen LogP contribution >= 0.6 is 0 Å². The molecule has 1 nitrogen and oxygen atoms in total. The fraction of sp³-hybridized carbons (Fsp3) is 0.600. The Morgan fingerprint density at radius 2 is 1.50 bits per heavy atom. The van der Waals surface area contributed by atoms with Crippen molar-refractivity contribution in [1.82, 2.24) is 5.32 Å². The van der Waals surface area contributed by atoms with Crippen LogP contribution in [0.2, 0.25) is 0 Å². The summed E-state index contributed by atoms with van der Waals surface area (Å²) in [5, 5.41) is 2.75. The van der Waals surface area contributed by atoms with Crippen LogP contribution in [-0.2, 0) is 0 Å². The predicted molar refractivity (Wildman–Crippen MR) is 30.9 cm³/mol. The molecule has 0 unspecified atom stereocenters. The number of allylic oxidation sites excluding steroid dienone is 1. The molecule has 1 N–H and O–H groups in total. The molecule has 0 fully saturated rings. The van der Waals surface area contributed by atoms with Crippen LogP contribution in [0, 0.1) is 0 Å². The molecule has 0 rings (SSSR count). The monoisotopic (exact) mass is 87.1 g/mol. The van der Waals surface area contributed by atoms with Gasteiger partial charge in [-0.25, -0.2) is 0 Å². The summed E-state index contributed by atoms with van der Waals surface area (Å²) < 4.78 is 0. The Labute approximate surface area is 40.1 Å². The van der Waals surface area contributed by atoms with E-state index in [0.29, 0.717) is 0 Å². The van der Waals surface area contributed by atoms with Crippen molar-refractivity contribution < 1.29 is 0 Å². The normalized spacial score (nSPS) is 5.17. The van der Waals surface area contributed by atoms with Crippen LogP contribution in [0.15, 0.2) is 12.7 Å². The Bertz CT molecular complexity index is 17.9. The summed E-state index contributed by atoms with van der Waals surface area (Å²) in [6.07, 6.45) is 1.75. The first-order valence-corrected chi connectivity index (χ1v) is 1.99. The summed E-state index contributed by atoms with van der Waals surface area (Å²) in [4.78, 5) is 0. The molecule has 0 aliphatic carbocycles. The highest BCUT2D eigenvalue weighted by atomic mass is 14.7. The molecular weight excluding hydrogens is 74.1 g/mol. The van der Waals surface area contributed by atoms with Crippen molar-refractivity contribution in [2.24, 2.45) is 0 Å². The molecule has 0 atom stereocenters. The van der Waals surface area contributed by atoms with E-state index in [1.807, 2.05) is 21.0 Å². The van der Waals surface area contributed by atoms with Crippen molar-refractivity contribution >= 4 is 0 Å². The van der Waals surface area contributed by atoms with Crippen LogP contribution < -0.4 is 5.32 Å². The summed E-state index contributed by atoms with van der Waals surface area (Å²) in [6.45, 7) is 5.25. The molecule has 1 heteroatoms. The molecule has 0 aromatic carbocycles. The van der Waals surface area contributed by atoms with Crippen LogP contribution in [0.5, 0.6) is 0 Å². The number of nitrogens with one attached hydrogen (secondary N) is 1. The third-order valence-electron chi connectivity index (χ3n) is 0. The fourth-order valence-electron chi connectivity index (χ4n) is 0. The first kappa shape index (κ1) is 9.20. The standard InChI is InChI=1S/C3H6.C2H7N/c2*1-3-2/h3H,1H2,2H3;3H,1-2H3. The van der Waals surface area contributed by atoms with Crippen LogP contribution in [0.4, 0.5) is 0 Å². The van der Waals surface area contributed by atoms with Gasteiger partial charge in [0.1, 0.15) is 0 Å². The average Bonchev–Trinajstić information content (AvgIpc) is 1.39. The van der Waals surface area contributed by atoms with Crippen molar-refractivity contribution in [2.75, 3.05) is 14.1 Å². The fourth-order valence-corrected chi connectivity index (χ4v) is 0. The molecular formula is C5H13N. The van der Waals surface area contributed by atoms with Gasteiger partial charge in [-0.2, -0.15) is 0 Å². The van der Waals surface area contributed by atoms with E-state index in [4.69, 9.17) is 0 Å². The molecule has 6 heavy (non-hydrogen) atoms. The Kier molecular flexibility index (Phi) is 34.1. The van der Waals surface area contributed by atoms with Gasteiger partial charge in [-0.15, -0.1) is 6.58 Å². The molecule has 0 saturated carbocycles. The van der Waals surface area contributed by atoms with E-state index in [1.54, 1.807) is 6.08 Å². The Hall–Kier alpha value is -0.300. The topological polar surface area (TPSA) is 12.0 Å². The van der Waals surface area contributed by atoms with E-state index in [9.17, 15) is 0 Å². The number of rotatable bonds is 0. The summed E-state index contributed by atoms with van der Waals surface area (Å²) in [7, 11) is 3.75. The maximum absolute atomic E-state index is 3.36. The lowest BCUT2D eigenvalue weighted by Crippen LogP contribution is -1.89. The van der Waals surface area contributed by atoms with E-state index in [1.165, 1.54) is 0 Å². The second-order valence-corrected chi connectivity index (χ2v) is 0.908. The van der Waals surface area contributed by atoms with Crippen LogP contribution in [-0.4, -0.2) is 14.1 Å². The van der Waals surface area contributed by atoms with Crippen molar-refractivity contribution in [2.45, 2.75) is 6.92 Å². The van der Waals surface area contributed by atoms with Crippen LogP contribution in [0.3, 0.4) is 0 Å². The molecule has 0 aliphatic heterocycles. The lowest BCUT2D eigenvalue weighted by molar-refractivity contribution is 1.02. The van der Waals surface area contributed by atoms with Gasteiger partial charge in [0.15, 0.2) is 0 Å². The first-order valence-electron chi connectivity index (χ1n) is 1.99. The molecule has 0 bridgehead atoms. The third-order valence-corrected chi connectivity index (χ3v) is 0. The van der Waals surface area contributed by atoms with E-state index in [2.05, 4.69) is 11.9 Å². The number of hydrogen-bond donors (Lipinski definition) is 1. The molecule has 0 aromatic heterocycles. The van der Waals surface area contributed by atoms with Gasteiger partial charge < -0.3 is 5.32 Å². The molecule has 0 aliphatic rings. The maximum Gasteiger partial charge on any atom is -0.0167 e. The summed E-state index contributed by atoms with van der Waals surface area (Å²) >= 11 is 0. The average molecular weight is 87.2 g/mol. The SMILES string of the molecule is C=CC.CNC. The highest BCUT2D eigenvalue weighted by molar-refractivity contribution is 4.51. The smallest absolute Gasteiger partial charge is 0.0167 e. The largest absolute Gasteiger partial charge is 0.323 e. The second-order valence-electron chi connectivity index (χ2n) is 0.908. The highest BCUT2D eigenvalue weighted by Crippen LogP contribution is 1.38. The van der Waals surface area contributed by atoms with E-state index in [0.717, 1.165) is 0 Å². The Morgan fingerprint density at radius 1 is 1.50 bits per heavy atom. The Balaban J connectivity index is 0. The first-order chi connectivity index (χ1) is 2.83. The summed E-state index contributed by atoms with van der Waals surface area (Å²) in [5.41, 5.74) is 0. The zero-order valence-corrected chi connectivity index (χ0v) is 4.78.